The van der Waals surface area contributed by atoms with Crippen LogP contribution in [0.5, 0.6) is 0 Å². The molecule has 1 aromatic heterocycles. The van der Waals surface area contributed by atoms with E-state index in [0.29, 0.717) is 12.5 Å². The number of aromatic nitrogens is 2. The molecule has 26 heavy (non-hydrogen) atoms. The van der Waals surface area contributed by atoms with Gasteiger partial charge in [0.15, 0.2) is 0 Å². The third kappa shape index (κ3) is 4.18. The molecule has 1 aromatic carbocycles. The van der Waals surface area contributed by atoms with Crippen molar-refractivity contribution in [1.82, 2.24) is 14.7 Å². The summed E-state index contributed by atoms with van der Waals surface area (Å²) in [6.45, 7) is 8.55. The van der Waals surface area contributed by atoms with Gasteiger partial charge in [-0.1, -0.05) is 36.7 Å². The number of aryl methyl sites for hydroxylation is 1. The van der Waals surface area contributed by atoms with Crippen molar-refractivity contribution in [3.63, 3.8) is 0 Å². The second-order valence-corrected chi connectivity index (χ2v) is 7.61. The van der Waals surface area contributed by atoms with E-state index in [9.17, 15) is 4.79 Å². The number of likely N-dealkylation sites (tertiary alicyclic amines) is 1. The lowest BCUT2D eigenvalue weighted by atomic mass is 10.0. The van der Waals surface area contributed by atoms with Crippen molar-refractivity contribution in [2.24, 2.45) is 5.92 Å². The second kappa shape index (κ2) is 8.09. The molecule has 5 heteroatoms. The van der Waals surface area contributed by atoms with Crippen LogP contribution in [-0.4, -0.2) is 33.7 Å². The molecule has 2 heterocycles. The maximum atomic E-state index is 12.5. The van der Waals surface area contributed by atoms with Crippen LogP contribution >= 0.6 is 11.6 Å². The summed E-state index contributed by atoms with van der Waals surface area (Å²) in [5.41, 5.74) is 4.01. The minimum Gasteiger partial charge on any atom is -0.339 e. The van der Waals surface area contributed by atoms with Crippen molar-refractivity contribution in [2.75, 3.05) is 13.1 Å². The Morgan fingerprint density at radius 1 is 1.35 bits per heavy atom. The largest absolute Gasteiger partial charge is 0.339 e. The first-order valence-corrected chi connectivity index (χ1v) is 9.58. The Kier molecular flexibility index (Phi) is 5.82. The zero-order chi connectivity index (χ0) is 18.7. The summed E-state index contributed by atoms with van der Waals surface area (Å²) >= 11 is 6.27. The van der Waals surface area contributed by atoms with E-state index in [1.807, 2.05) is 53.8 Å². The van der Waals surface area contributed by atoms with Crippen molar-refractivity contribution in [2.45, 2.75) is 40.2 Å². The van der Waals surface area contributed by atoms with Crippen LogP contribution in [0, 0.1) is 19.8 Å². The lowest BCUT2D eigenvalue weighted by Crippen LogP contribution is -2.38. The minimum atomic E-state index is 0.0919. The normalized spacial score (nSPS) is 17.8. The average Bonchev–Trinajstić information content (AvgIpc) is 2.88. The molecule has 1 unspecified atom stereocenters. The summed E-state index contributed by atoms with van der Waals surface area (Å²) < 4.78 is 1.95. The number of carbonyl (C=O) groups excluding carboxylic acids is 1. The van der Waals surface area contributed by atoms with Gasteiger partial charge in [0.05, 0.1) is 12.2 Å². The van der Waals surface area contributed by atoms with Gasteiger partial charge in [0.2, 0.25) is 5.91 Å². The van der Waals surface area contributed by atoms with Crippen LogP contribution in [0.2, 0.25) is 5.02 Å². The number of piperidine rings is 1. The molecule has 1 amide bonds. The predicted molar refractivity (Wildman–Crippen MR) is 106 cm³/mol. The van der Waals surface area contributed by atoms with Gasteiger partial charge in [-0.25, -0.2) is 0 Å². The maximum Gasteiger partial charge on any atom is 0.246 e. The minimum absolute atomic E-state index is 0.0919. The molecular weight excluding hydrogens is 346 g/mol. The first-order valence-electron chi connectivity index (χ1n) is 9.20. The zero-order valence-corrected chi connectivity index (χ0v) is 16.5. The number of carbonyl (C=O) groups is 1. The smallest absolute Gasteiger partial charge is 0.246 e. The number of nitrogens with zero attached hydrogens (tertiary/aromatic N) is 3. The van der Waals surface area contributed by atoms with E-state index in [2.05, 4.69) is 12.0 Å². The number of rotatable bonds is 4. The SMILES string of the molecule is Cc1nn(Cc2ccccc2Cl)c(C)c1/C=C/C(=O)N1CCCC(C)C1. The van der Waals surface area contributed by atoms with Gasteiger partial charge in [-0.15, -0.1) is 0 Å². The highest BCUT2D eigenvalue weighted by molar-refractivity contribution is 6.31. The van der Waals surface area contributed by atoms with E-state index in [4.69, 9.17) is 11.6 Å². The Balaban J connectivity index is 1.75. The first-order chi connectivity index (χ1) is 12.5. The van der Waals surface area contributed by atoms with Crippen LogP contribution in [0.3, 0.4) is 0 Å². The molecule has 1 aliphatic heterocycles. The third-order valence-electron chi connectivity index (χ3n) is 5.08. The van der Waals surface area contributed by atoms with E-state index in [-0.39, 0.29) is 5.91 Å². The molecule has 138 valence electrons. The van der Waals surface area contributed by atoms with E-state index < -0.39 is 0 Å². The van der Waals surface area contributed by atoms with E-state index in [1.54, 1.807) is 6.08 Å². The van der Waals surface area contributed by atoms with Crippen LogP contribution in [0.1, 0.15) is 42.3 Å². The number of halogens is 1. The molecule has 0 aliphatic carbocycles. The maximum absolute atomic E-state index is 12.5. The molecule has 3 rings (SSSR count). The highest BCUT2D eigenvalue weighted by Gasteiger charge is 2.19. The van der Waals surface area contributed by atoms with Crippen molar-refractivity contribution >= 4 is 23.6 Å². The number of benzene rings is 1. The molecule has 0 bridgehead atoms. The quantitative estimate of drug-likeness (QED) is 0.743. The van der Waals surface area contributed by atoms with Crippen molar-refractivity contribution in [3.8, 4) is 0 Å². The molecule has 1 aliphatic rings. The highest BCUT2D eigenvalue weighted by Crippen LogP contribution is 2.21. The van der Waals surface area contributed by atoms with Gasteiger partial charge < -0.3 is 4.90 Å². The molecule has 1 fully saturated rings. The summed E-state index contributed by atoms with van der Waals surface area (Å²) in [5.74, 6) is 0.678. The average molecular weight is 372 g/mol. The van der Waals surface area contributed by atoms with Crippen LogP contribution in [-0.2, 0) is 11.3 Å². The monoisotopic (exact) mass is 371 g/mol. The Labute approximate surface area is 160 Å². The summed E-state index contributed by atoms with van der Waals surface area (Å²) in [4.78, 5) is 14.4. The fourth-order valence-corrected chi connectivity index (χ4v) is 3.74. The topological polar surface area (TPSA) is 38.1 Å². The summed E-state index contributed by atoms with van der Waals surface area (Å²) in [5, 5.41) is 5.37. The fraction of sp³-hybridized carbons (Fsp3) is 0.429. The lowest BCUT2D eigenvalue weighted by Gasteiger charge is -2.30. The molecule has 1 saturated heterocycles. The number of hydrogen-bond donors (Lipinski definition) is 0. The molecule has 0 radical (unpaired) electrons. The molecule has 1 atom stereocenters. The van der Waals surface area contributed by atoms with Crippen molar-refractivity contribution in [1.29, 1.82) is 0 Å². The molecule has 0 N–H and O–H groups in total. The van der Waals surface area contributed by atoms with Gasteiger partial charge in [0, 0.05) is 35.4 Å². The Morgan fingerprint density at radius 3 is 2.85 bits per heavy atom. The van der Waals surface area contributed by atoms with Crippen LogP contribution in [0.15, 0.2) is 30.3 Å². The number of amides is 1. The standard InChI is InChI=1S/C21H26ClN3O/c1-15-7-6-12-24(13-15)21(26)11-10-19-16(2)23-25(17(19)3)14-18-8-4-5-9-20(18)22/h4-5,8-11,15H,6-7,12-14H2,1-3H3/b11-10+. The summed E-state index contributed by atoms with van der Waals surface area (Å²) in [6.07, 6.45) is 5.90. The highest BCUT2D eigenvalue weighted by atomic mass is 35.5. The van der Waals surface area contributed by atoms with Crippen LogP contribution in [0.4, 0.5) is 0 Å². The molecule has 2 aromatic rings. The Morgan fingerprint density at radius 2 is 2.12 bits per heavy atom. The second-order valence-electron chi connectivity index (χ2n) is 7.20. The van der Waals surface area contributed by atoms with Crippen molar-refractivity contribution < 1.29 is 4.79 Å². The van der Waals surface area contributed by atoms with E-state index in [0.717, 1.165) is 47.0 Å². The van der Waals surface area contributed by atoms with Crippen LogP contribution in [0.25, 0.3) is 6.08 Å². The molecular formula is C21H26ClN3O. The summed E-state index contributed by atoms with van der Waals surface area (Å²) in [6, 6.07) is 7.80. The van der Waals surface area contributed by atoms with Gasteiger partial charge in [0.1, 0.15) is 0 Å². The van der Waals surface area contributed by atoms with Gasteiger partial charge in [-0.2, -0.15) is 5.10 Å². The summed E-state index contributed by atoms with van der Waals surface area (Å²) in [7, 11) is 0. The van der Waals surface area contributed by atoms with E-state index >= 15 is 0 Å². The molecule has 0 saturated carbocycles. The molecule has 4 nitrogen and oxygen atoms in total. The molecule has 0 spiro atoms. The van der Waals surface area contributed by atoms with Gasteiger partial charge in [-0.05, 0) is 50.3 Å². The third-order valence-corrected chi connectivity index (χ3v) is 5.45. The predicted octanol–water partition coefficient (Wildman–Crippen LogP) is 4.47. The number of hydrogen-bond acceptors (Lipinski definition) is 2. The Bertz CT molecular complexity index is 825. The van der Waals surface area contributed by atoms with Crippen LogP contribution < -0.4 is 0 Å². The van der Waals surface area contributed by atoms with E-state index in [1.165, 1.54) is 6.42 Å². The van der Waals surface area contributed by atoms with Gasteiger partial charge in [0.25, 0.3) is 0 Å². The Hall–Kier alpha value is -2.07. The van der Waals surface area contributed by atoms with Gasteiger partial charge >= 0.3 is 0 Å². The lowest BCUT2D eigenvalue weighted by molar-refractivity contribution is -0.127. The fourth-order valence-electron chi connectivity index (χ4n) is 3.54. The zero-order valence-electron chi connectivity index (χ0n) is 15.7. The van der Waals surface area contributed by atoms with Crippen molar-refractivity contribution in [3.05, 3.63) is 57.9 Å². The van der Waals surface area contributed by atoms with Gasteiger partial charge in [-0.3, -0.25) is 9.48 Å². The first kappa shape index (κ1) is 18.7.